The maximum atomic E-state index is 12.8. The summed E-state index contributed by atoms with van der Waals surface area (Å²) in [5.74, 6) is -0.316. The van der Waals surface area contributed by atoms with Crippen molar-refractivity contribution in [3.63, 3.8) is 0 Å². The number of hydrogen-bond acceptors (Lipinski definition) is 5. The number of amides is 3. The second kappa shape index (κ2) is 10.8. The van der Waals surface area contributed by atoms with E-state index in [-0.39, 0.29) is 17.9 Å². The quantitative estimate of drug-likeness (QED) is 0.655. The third-order valence-corrected chi connectivity index (χ3v) is 5.47. The highest BCUT2D eigenvalue weighted by atomic mass is 16.5. The fourth-order valence-electron chi connectivity index (χ4n) is 3.71. The first-order chi connectivity index (χ1) is 15.8. The predicted molar refractivity (Wildman–Crippen MR) is 124 cm³/mol. The lowest BCUT2D eigenvalue weighted by Gasteiger charge is -2.32. The van der Waals surface area contributed by atoms with E-state index in [2.05, 4.69) is 10.9 Å². The molecular formula is C25H31N3O5. The van der Waals surface area contributed by atoms with Crippen LogP contribution in [0.1, 0.15) is 53.0 Å². The van der Waals surface area contributed by atoms with E-state index in [0.717, 1.165) is 12.0 Å². The third-order valence-electron chi connectivity index (χ3n) is 5.47. The molecular weight excluding hydrogens is 422 g/mol. The first kappa shape index (κ1) is 24.1. The molecule has 0 aliphatic carbocycles. The van der Waals surface area contributed by atoms with Gasteiger partial charge in [0.2, 0.25) is 5.91 Å². The van der Waals surface area contributed by atoms with Crippen molar-refractivity contribution < 1.29 is 23.9 Å². The number of rotatable bonds is 6. The van der Waals surface area contributed by atoms with Crippen molar-refractivity contribution in [2.75, 3.05) is 20.2 Å². The van der Waals surface area contributed by atoms with Crippen molar-refractivity contribution in [2.45, 2.75) is 39.7 Å². The number of methoxy groups -OCH3 is 1. The molecule has 8 nitrogen and oxygen atoms in total. The zero-order chi connectivity index (χ0) is 24.0. The molecule has 2 N–H and O–H groups in total. The van der Waals surface area contributed by atoms with Crippen molar-refractivity contribution in [1.82, 2.24) is 15.8 Å². The van der Waals surface area contributed by atoms with Crippen LogP contribution in [0, 0.1) is 12.8 Å². The Hall–Kier alpha value is -3.55. The number of benzene rings is 2. The van der Waals surface area contributed by atoms with Crippen LogP contribution in [-0.2, 0) is 4.79 Å². The normalized spacial score (nSPS) is 15.7. The number of piperidine rings is 1. The number of ether oxygens (including phenoxy) is 2. The van der Waals surface area contributed by atoms with E-state index in [1.807, 2.05) is 32.9 Å². The summed E-state index contributed by atoms with van der Waals surface area (Å²) in [6, 6.07) is 12.2. The summed E-state index contributed by atoms with van der Waals surface area (Å²) in [7, 11) is 1.50. The fraction of sp³-hybridized carbons (Fsp3) is 0.400. The molecule has 33 heavy (non-hydrogen) atoms. The molecule has 2 aromatic rings. The highest BCUT2D eigenvalue weighted by molar-refractivity contribution is 5.97. The Morgan fingerprint density at radius 1 is 1.00 bits per heavy atom. The Kier molecular flexibility index (Phi) is 7.92. The van der Waals surface area contributed by atoms with E-state index in [1.54, 1.807) is 35.2 Å². The molecule has 1 fully saturated rings. The van der Waals surface area contributed by atoms with Gasteiger partial charge >= 0.3 is 0 Å². The number of aryl methyl sites for hydroxylation is 1. The molecule has 8 heteroatoms. The predicted octanol–water partition coefficient (Wildman–Crippen LogP) is 3.10. The lowest BCUT2D eigenvalue weighted by Crippen LogP contribution is -2.50. The van der Waals surface area contributed by atoms with Crippen LogP contribution in [0.3, 0.4) is 0 Å². The molecule has 2 aromatic carbocycles. The summed E-state index contributed by atoms with van der Waals surface area (Å²) in [5.41, 5.74) is 6.95. The van der Waals surface area contributed by atoms with Crippen LogP contribution in [0.4, 0.5) is 0 Å². The Morgan fingerprint density at radius 3 is 2.36 bits per heavy atom. The Morgan fingerprint density at radius 2 is 1.70 bits per heavy atom. The van der Waals surface area contributed by atoms with E-state index in [0.29, 0.717) is 42.1 Å². The molecule has 1 aliphatic rings. The summed E-state index contributed by atoms with van der Waals surface area (Å²) in [5, 5.41) is 0. The SMILES string of the molecule is COc1cc(C(=O)NNC(=O)C2CCCN(C(=O)c3ccc(C)cc3)C2)ccc1OC(C)C. The molecule has 0 aromatic heterocycles. The van der Waals surface area contributed by atoms with Gasteiger partial charge in [-0.3, -0.25) is 25.2 Å². The minimum absolute atomic E-state index is 0.0363. The van der Waals surface area contributed by atoms with Crippen LogP contribution >= 0.6 is 0 Å². The molecule has 1 aliphatic heterocycles. The summed E-state index contributed by atoms with van der Waals surface area (Å²) in [4.78, 5) is 39.7. The van der Waals surface area contributed by atoms with E-state index in [9.17, 15) is 14.4 Å². The first-order valence-electron chi connectivity index (χ1n) is 11.1. The van der Waals surface area contributed by atoms with Gasteiger partial charge < -0.3 is 14.4 Å². The molecule has 1 unspecified atom stereocenters. The highest BCUT2D eigenvalue weighted by Gasteiger charge is 2.29. The summed E-state index contributed by atoms with van der Waals surface area (Å²) in [6.45, 7) is 6.68. The second-order valence-electron chi connectivity index (χ2n) is 8.43. The zero-order valence-corrected chi connectivity index (χ0v) is 19.5. The smallest absolute Gasteiger partial charge is 0.269 e. The number of nitrogens with zero attached hydrogens (tertiary/aromatic N) is 1. The van der Waals surface area contributed by atoms with Crippen LogP contribution in [-0.4, -0.2) is 48.9 Å². The van der Waals surface area contributed by atoms with Gasteiger partial charge in [0.15, 0.2) is 11.5 Å². The fourth-order valence-corrected chi connectivity index (χ4v) is 3.71. The number of hydrazine groups is 1. The van der Waals surface area contributed by atoms with E-state index in [4.69, 9.17) is 9.47 Å². The molecule has 1 heterocycles. The first-order valence-corrected chi connectivity index (χ1v) is 11.1. The van der Waals surface area contributed by atoms with Gasteiger partial charge in [0.1, 0.15) is 0 Å². The second-order valence-corrected chi connectivity index (χ2v) is 8.43. The van der Waals surface area contributed by atoms with Crippen LogP contribution in [0.25, 0.3) is 0 Å². The van der Waals surface area contributed by atoms with Gasteiger partial charge in [-0.2, -0.15) is 0 Å². The van der Waals surface area contributed by atoms with Crippen molar-refractivity contribution in [3.05, 3.63) is 59.2 Å². The molecule has 0 spiro atoms. The average Bonchev–Trinajstić information content (AvgIpc) is 2.82. The number of carbonyl (C=O) groups excluding carboxylic acids is 3. The van der Waals surface area contributed by atoms with Gasteiger partial charge in [0.25, 0.3) is 11.8 Å². The Labute approximate surface area is 194 Å². The van der Waals surface area contributed by atoms with Gasteiger partial charge in [-0.15, -0.1) is 0 Å². The molecule has 3 amide bonds. The van der Waals surface area contributed by atoms with Crippen molar-refractivity contribution in [1.29, 1.82) is 0 Å². The van der Waals surface area contributed by atoms with Gasteiger partial charge in [-0.1, -0.05) is 17.7 Å². The Bertz CT molecular complexity index is 1000. The number of carbonyl (C=O) groups is 3. The maximum absolute atomic E-state index is 12.8. The molecule has 1 atom stereocenters. The molecule has 0 radical (unpaired) electrons. The number of likely N-dealkylation sites (tertiary alicyclic amines) is 1. The van der Waals surface area contributed by atoms with Crippen molar-refractivity contribution in [3.8, 4) is 11.5 Å². The molecule has 0 saturated carbocycles. The van der Waals surface area contributed by atoms with E-state index < -0.39 is 11.8 Å². The summed E-state index contributed by atoms with van der Waals surface area (Å²) < 4.78 is 11.0. The maximum Gasteiger partial charge on any atom is 0.269 e. The third kappa shape index (κ3) is 6.25. The topological polar surface area (TPSA) is 97.0 Å². The molecule has 0 bridgehead atoms. The Balaban J connectivity index is 1.57. The highest BCUT2D eigenvalue weighted by Crippen LogP contribution is 2.29. The van der Waals surface area contributed by atoms with Crippen LogP contribution in [0.15, 0.2) is 42.5 Å². The van der Waals surface area contributed by atoms with Gasteiger partial charge in [-0.25, -0.2) is 0 Å². The van der Waals surface area contributed by atoms with Gasteiger partial charge in [-0.05, 0) is 63.9 Å². The standard InChI is InChI=1S/C25H31N3O5/c1-16(2)33-21-12-11-19(14-22(21)32-4)23(29)26-27-24(30)20-6-5-13-28(15-20)25(31)18-9-7-17(3)8-10-18/h7-12,14,16,20H,5-6,13,15H2,1-4H3,(H,26,29)(H,27,30). The average molecular weight is 454 g/mol. The molecule has 3 rings (SSSR count). The minimum Gasteiger partial charge on any atom is -0.493 e. The van der Waals surface area contributed by atoms with Crippen molar-refractivity contribution in [2.24, 2.45) is 5.92 Å². The molecule has 176 valence electrons. The number of nitrogens with one attached hydrogen (secondary N) is 2. The van der Waals surface area contributed by atoms with Gasteiger partial charge in [0.05, 0.1) is 19.1 Å². The molecule has 1 saturated heterocycles. The van der Waals surface area contributed by atoms with E-state index in [1.165, 1.54) is 7.11 Å². The summed E-state index contributed by atoms with van der Waals surface area (Å²) >= 11 is 0. The zero-order valence-electron chi connectivity index (χ0n) is 19.5. The monoisotopic (exact) mass is 453 g/mol. The van der Waals surface area contributed by atoms with Gasteiger partial charge in [0, 0.05) is 24.2 Å². The lowest BCUT2D eigenvalue weighted by atomic mass is 9.96. The lowest BCUT2D eigenvalue weighted by molar-refractivity contribution is -0.127. The van der Waals surface area contributed by atoms with Crippen LogP contribution < -0.4 is 20.3 Å². The van der Waals surface area contributed by atoms with Crippen LogP contribution in [0.5, 0.6) is 11.5 Å². The largest absolute Gasteiger partial charge is 0.493 e. The van der Waals surface area contributed by atoms with Crippen molar-refractivity contribution >= 4 is 17.7 Å². The number of hydrogen-bond donors (Lipinski definition) is 2. The van der Waals surface area contributed by atoms with Crippen LogP contribution in [0.2, 0.25) is 0 Å². The minimum atomic E-state index is -0.471. The van der Waals surface area contributed by atoms with E-state index >= 15 is 0 Å². The summed E-state index contributed by atoms with van der Waals surface area (Å²) in [6.07, 6.45) is 1.33.